The van der Waals surface area contributed by atoms with Gasteiger partial charge in [-0.2, -0.15) is 4.31 Å². The molecule has 0 spiro atoms. The molecule has 0 aromatic heterocycles. The van der Waals surface area contributed by atoms with E-state index in [9.17, 15) is 13.2 Å². The van der Waals surface area contributed by atoms with E-state index in [0.717, 1.165) is 36.7 Å². The largest absolute Gasteiger partial charge is 0.339 e. The molecule has 0 N–H and O–H groups in total. The van der Waals surface area contributed by atoms with Crippen LogP contribution in [0.4, 0.5) is 0 Å². The second kappa shape index (κ2) is 8.44. The van der Waals surface area contributed by atoms with Crippen molar-refractivity contribution in [1.82, 2.24) is 9.21 Å². The predicted molar refractivity (Wildman–Crippen MR) is 112 cm³/mol. The molecule has 5 nitrogen and oxygen atoms in total. The maximum atomic E-state index is 13.3. The van der Waals surface area contributed by atoms with E-state index in [1.165, 1.54) is 30.0 Å². The van der Waals surface area contributed by atoms with Gasteiger partial charge in [0.15, 0.2) is 0 Å². The van der Waals surface area contributed by atoms with Crippen molar-refractivity contribution < 1.29 is 13.2 Å². The molecule has 154 valence electrons. The quantitative estimate of drug-likeness (QED) is 0.669. The Kier molecular flexibility index (Phi) is 6.14. The molecule has 1 aliphatic carbocycles. The van der Waals surface area contributed by atoms with Gasteiger partial charge >= 0.3 is 0 Å². The van der Waals surface area contributed by atoms with E-state index in [2.05, 4.69) is 20.8 Å². The second-order valence-electron chi connectivity index (χ2n) is 8.44. The van der Waals surface area contributed by atoms with Crippen LogP contribution in [0.1, 0.15) is 51.4 Å². The number of amides is 1. The topological polar surface area (TPSA) is 57.7 Å². The molecule has 4 rings (SSSR count). The van der Waals surface area contributed by atoms with Gasteiger partial charge in [-0.25, -0.2) is 8.42 Å². The van der Waals surface area contributed by atoms with Crippen LogP contribution >= 0.6 is 15.9 Å². The number of halogens is 1. The summed E-state index contributed by atoms with van der Waals surface area (Å²) in [6.45, 7) is 1.65. The summed E-state index contributed by atoms with van der Waals surface area (Å²) in [5.41, 5.74) is 0. The van der Waals surface area contributed by atoms with Gasteiger partial charge in [0.1, 0.15) is 0 Å². The van der Waals surface area contributed by atoms with Gasteiger partial charge in [0.25, 0.3) is 0 Å². The number of hydrogen-bond acceptors (Lipinski definition) is 3. The highest BCUT2D eigenvalue weighted by molar-refractivity contribution is 9.10. The standard InChI is InChI=1S/C21H29BrN2O3S/c22-18-9-11-19(12-10-18)28(26,27)23-13-3-7-17(15-23)21(25)24-14-4-8-20(24)16-5-1-2-6-16/h9-12,16-17,20H,1-8,13-15H2. The number of sulfonamides is 1. The molecule has 1 aromatic carbocycles. The first kappa shape index (κ1) is 20.4. The zero-order valence-electron chi connectivity index (χ0n) is 16.2. The minimum absolute atomic E-state index is 0.185. The number of hydrogen-bond donors (Lipinski definition) is 0. The van der Waals surface area contributed by atoms with Crippen molar-refractivity contribution in [2.75, 3.05) is 19.6 Å². The minimum atomic E-state index is -3.56. The number of rotatable bonds is 4. The first-order chi connectivity index (χ1) is 13.5. The van der Waals surface area contributed by atoms with Crippen LogP contribution in [0.2, 0.25) is 0 Å². The van der Waals surface area contributed by atoms with Gasteiger partial charge in [0.2, 0.25) is 15.9 Å². The Hall–Kier alpha value is -0.920. The smallest absolute Gasteiger partial charge is 0.243 e. The first-order valence-corrected chi connectivity index (χ1v) is 12.8. The molecule has 28 heavy (non-hydrogen) atoms. The highest BCUT2D eigenvalue weighted by Gasteiger charge is 2.40. The highest BCUT2D eigenvalue weighted by Crippen LogP contribution is 2.37. The Bertz CT molecular complexity index is 805. The lowest BCUT2D eigenvalue weighted by molar-refractivity contribution is -0.138. The molecular formula is C21H29BrN2O3S. The van der Waals surface area contributed by atoms with Crippen molar-refractivity contribution in [3.8, 4) is 0 Å². The Morgan fingerprint density at radius 2 is 1.61 bits per heavy atom. The zero-order chi connectivity index (χ0) is 19.7. The molecule has 3 aliphatic rings. The van der Waals surface area contributed by atoms with Crippen LogP contribution in [0.5, 0.6) is 0 Å². The number of piperidine rings is 1. The van der Waals surface area contributed by atoms with Crippen LogP contribution in [-0.2, 0) is 14.8 Å². The molecule has 1 saturated carbocycles. The van der Waals surface area contributed by atoms with Gasteiger partial charge in [-0.1, -0.05) is 28.8 Å². The molecule has 2 unspecified atom stereocenters. The fourth-order valence-corrected chi connectivity index (χ4v) is 7.04. The molecule has 1 amide bonds. The van der Waals surface area contributed by atoms with Gasteiger partial charge in [0.05, 0.1) is 10.8 Å². The highest BCUT2D eigenvalue weighted by atomic mass is 79.9. The number of nitrogens with zero attached hydrogens (tertiary/aromatic N) is 2. The monoisotopic (exact) mass is 468 g/mol. The predicted octanol–water partition coefficient (Wildman–Crippen LogP) is 4.03. The Morgan fingerprint density at radius 3 is 2.32 bits per heavy atom. The lowest BCUT2D eigenvalue weighted by atomic mass is 9.93. The summed E-state index contributed by atoms with van der Waals surface area (Å²) in [6.07, 6.45) is 8.78. The van der Waals surface area contributed by atoms with Gasteiger partial charge in [-0.3, -0.25) is 4.79 Å². The summed E-state index contributed by atoms with van der Waals surface area (Å²) in [4.78, 5) is 15.7. The summed E-state index contributed by atoms with van der Waals surface area (Å²) in [5, 5.41) is 0. The van der Waals surface area contributed by atoms with Crippen molar-refractivity contribution in [3.63, 3.8) is 0 Å². The normalized spacial score (nSPS) is 27.4. The number of benzene rings is 1. The third-order valence-corrected chi connectivity index (χ3v) is 9.12. The number of carbonyl (C=O) groups excluding carboxylic acids is 1. The first-order valence-electron chi connectivity index (χ1n) is 10.5. The summed E-state index contributed by atoms with van der Waals surface area (Å²) in [5.74, 6) is 0.628. The van der Waals surface area contributed by atoms with Crippen LogP contribution in [0.25, 0.3) is 0 Å². The van der Waals surface area contributed by atoms with Crippen molar-refractivity contribution in [2.24, 2.45) is 11.8 Å². The van der Waals surface area contributed by atoms with Gasteiger partial charge in [0, 0.05) is 30.1 Å². The van der Waals surface area contributed by atoms with Crippen LogP contribution in [-0.4, -0.2) is 49.2 Å². The second-order valence-corrected chi connectivity index (χ2v) is 11.3. The lowest BCUT2D eigenvalue weighted by Crippen LogP contribution is -2.49. The van der Waals surface area contributed by atoms with E-state index in [1.807, 2.05) is 0 Å². The van der Waals surface area contributed by atoms with E-state index in [1.54, 1.807) is 24.3 Å². The van der Waals surface area contributed by atoms with Gasteiger partial charge < -0.3 is 4.90 Å². The summed E-state index contributed by atoms with van der Waals surface area (Å²) >= 11 is 3.35. The third-order valence-electron chi connectivity index (χ3n) is 6.71. The SMILES string of the molecule is O=C(C1CCCN(S(=O)(=O)c2ccc(Br)cc2)C1)N1CCCC1C1CCCC1. The number of carbonyl (C=O) groups is 1. The zero-order valence-corrected chi connectivity index (χ0v) is 18.6. The molecule has 2 atom stereocenters. The fourth-order valence-electron chi connectivity index (χ4n) is 5.25. The Balaban J connectivity index is 1.47. The molecule has 0 bridgehead atoms. The number of likely N-dealkylation sites (tertiary alicyclic amines) is 1. The summed E-state index contributed by atoms with van der Waals surface area (Å²) in [7, 11) is -3.56. The molecule has 3 fully saturated rings. The van der Waals surface area contributed by atoms with Crippen LogP contribution in [0.15, 0.2) is 33.6 Å². The molecule has 0 radical (unpaired) electrons. The van der Waals surface area contributed by atoms with E-state index in [-0.39, 0.29) is 11.8 Å². The molecule has 7 heteroatoms. The van der Waals surface area contributed by atoms with Gasteiger partial charge in [-0.05, 0) is 68.7 Å². The lowest BCUT2D eigenvalue weighted by Gasteiger charge is -2.36. The van der Waals surface area contributed by atoms with Crippen molar-refractivity contribution in [2.45, 2.75) is 62.3 Å². The van der Waals surface area contributed by atoms with E-state index >= 15 is 0 Å². The Labute approximate surface area is 176 Å². The van der Waals surface area contributed by atoms with Crippen LogP contribution in [0, 0.1) is 11.8 Å². The summed E-state index contributed by atoms with van der Waals surface area (Å²) < 4.78 is 28.5. The van der Waals surface area contributed by atoms with Crippen molar-refractivity contribution in [1.29, 1.82) is 0 Å². The molecule has 2 heterocycles. The molecule has 2 saturated heterocycles. The molecule has 1 aromatic rings. The van der Waals surface area contributed by atoms with E-state index in [4.69, 9.17) is 0 Å². The molecular weight excluding hydrogens is 440 g/mol. The van der Waals surface area contributed by atoms with Crippen LogP contribution < -0.4 is 0 Å². The average Bonchev–Trinajstić information content (AvgIpc) is 3.39. The molecule has 2 aliphatic heterocycles. The van der Waals surface area contributed by atoms with E-state index < -0.39 is 10.0 Å². The maximum Gasteiger partial charge on any atom is 0.243 e. The van der Waals surface area contributed by atoms with Crippen LogP contribution in [0.3, 0.4) is 0 Å². The average molecular weight is 469 g/mol. The van der Waals surface area contributed by atoms with Crippen molar-refractivity contribution in [3.05, 3.63) is 28.7 Å². The van der Waals surface area contributed by atoms with Gasteiger partial charge in [-0.15, -0.1) is 0 Å². The minimum Gasteiger partial charge on any atom is -0.339 e. The fraction of sp³-hybridized carbons (Fsp3) is 0.667. The Morgan fingerprint density at radius 1 is 0.929 bits per heavy atom. The van der Waals surface area contributed by atoms with Crippen molar-refractivity contribution >= 4 is 31.9 Å². The summed E-state index contributed by atoms with van der Waals surface area (Å²) in [6, 6.07) is 7.13. The van der Waals surface area contributed by atoms with E-state index in [0.29, 0.717) is 29.9 Å². The maximum absolute atomic E-state index is 13.3. The third kappa shape index (κ3) is 4.03.